The van der Waals surface area contributed by atoms with Gasteiger partial charge in [0.2, 0.25) is 0 Å². The molecule has 0 aromatic carbocycles. The largest absolute Gasteiger partial charge is 0.416 e. The van der Waals surface area contributed by atoms with Crippen LogP contribution in [0.1, 0.15) is 21.9 Å². The van der Waals surface area contributed by atoms with E-state index in [0.29, 0.717) is 16.5 Å². The van der Waals surface area contributed by atoms with Crippen molar-refractivity contribution < 1.29 is 23.1 Å². The van der Waals surface area contributed by atoms with Crippen LogP contribution in [0.3, 0.4) is 0 Å². The average molecular weight is 309 g/mol. The van der Waals surface area contributed by atoms with Crippen molar-refractivity contribution in [1.29, 1.82) is 0 Å². The number of carbonyl (C=O) groups is 1. The molecule has 1 unspecified atom stereocenters. The van der Waals surface area contributed by atoms with Crippen LogP contribution in [0.5, 0.6) is 0 Å². The standard InChI is InChI=1S/C11H14F3N3O2S/c1-5-8(10(20-3)17-6(2)16-5)9(19)15-4-7(18)11(12,13)14/h7,18H,4H2,1-3H3,(H,15,19). The van der Waals surface area contributed by atoms with E-state index < -0.39 is 24.7 Å². The highest BCUT2D eigenvalue weighted by Gasteiger charge is 2.38. The summed E-state index contributed by atoms with van der Waals surface area (Å²) in [4.78, 5) is 20.0. The van der Waals surface area contributed by atoms with E-state index in [4.69, 9.17) is 5.11 Å². The number of carbonyl (C=O) groups excluding carboxylic acids is 1. The van der Waals surface area contributed by atoms with E-state index in [1.807, 2.05) is 5.32 Å². The van der Waals surface area contributed by atoms with Gasteiger partial charge in [0.1, 0.15) is 10.9 Å². The average Bonchev–Trinajstić information content (AvgIpc) is 2.33. The smallest absolute Gasteiger partial charge is 0.382 e. The molecule has 5 nitrogen and oxygen atoms in total. The monoisotopic (exact) mass is 309 g/mol. The first-order valence-electron chi connectivity index (χ1n) is 5.59. The summed E-state index contributed by atoms with van der Waals surface area (Å²) in [6, 6.07) is 0. The lowest BCUT2D eigenvalue weighted by Crippen LogP contribution is -2.41. The highest BCUT2D eigenvalue weighted by molar-refractivity contribution is 7.98. The molecule has 0 radical (unpaired) electrons. The third-order valence-electron chi connectivity index (χ3n) is 2.42. The van der Waals surface area contributed by atoms with Gasteiger partial charge in [-0.1, -0.05) is 0 Å². The maximum Gasteiger partial charge on any atom is 0.416 e. The molecular formula is C11H14F3N3O2S. The summed E-state index contributed by atoms with van der Waals surface area (Å²) < 4.78 is 36.4. The minimum atomic E-state index is -4.77. The van der Waals surface area contributed by atoms with Crippen molar-refractivity contribution in [2.45, 2.75) is 31.2 Å². The fourth-order valence-electron chi connectivity index (χ4n) is 1.48. The Labute approximate surface area is 118 Å². The van der Waals surface area contributed by atoms with Gasteiger partial charge >= 0.3 is 6.18 Å². The van der Waals surface area contributed by atoms with Crippen molar-refractivity contribution in [3.63, 3.8) is 0 Å². The second kappa shape index (κ2) is 6.40. The van der Waals surface area contributed by atoms with Crippen molar-refractivity contribution in [3.05, 3.63) is 17.1 Å². The molecule has 0 bridgehead atoms. The molecule has 0 aliphatic heterocycles. The quantitative estimate of drug-likeness (QED) is 0.651. The van der Waals surface area contributed by atoms with Gasteiger partial charge in [0.25, 0.3) is 5.91 Å². The highest BCUT2D eigenvalue weighted by atomic mass is 32.2. The first-order chi connectivity index (χ1) is 9.16. The fourth-order valence-corrected chi connectivity index (χ4v) is 2.15. The summed E-state index contributed by atoms with van der Waals surface area (Å²) in [5, 5.41) is 11.3. The number of aliphatic hydroxyl groups excluding tert-OH is 1. The number of halogens is 3. The van der Waals surface area contributed by atoms with Gasteiger partial charge in [-0.25, -0.2) is 9.97 Å². The number of amides is 1. The van der Waals surface area contributed by atoms with Crippen LogP contribution in [-0.2, 0) is 0 Å². The van der Waals surface area contributed by atoms with Crippen LogP contribution in [0, 0.1) is 13.8 Å². The van der Waals surface area contributed by atoms with Gasteiger partial charge in [0, 0.05) is 0 Å². The number of aromatic nitrogens is 2. The Morgan fingerprint density at radius 3 is 2.50 bits per heavy atom. The molecule has 20 heavy (non-hydrogen) atoms. The van der Waals surface area contributed by atoms with Gasteiger partial charge in [0.15, 0.2) is 6.10 Å². The molecule has 0 spiro atoms. The molecule has 1 aromatic heterocycles. The zero-order chi connectivity index (χ0) is 15.5. The van der Waals surface area contributed by atoms with Gasteiger partial charge in [-0.2, -0.15) is 13.2 Å². The molecule has 0 saturated carbocycles. The summed E-state index contributed by atoms with van der Waals surface area (Å²) in [7, 11) is 0. The summed E-state index contributed by atoms with van der Waals surface area (Å²) in [5.41, 5.74) is 0.498. The lowest BCUT2D eigenvalue weighted by Gasteiger charge is -2.16. The highest BCUT2D eigenvalue weighted by Crippen LogP contribution is 2.21. The predicted molar refractivity (Wildman–Crippen MR) is 67.7 cm³/mol. The minimum Gasteiger partial charge on any atom is -0.382 e. The molecule has 1 atom stereocenters. The number of nitrogens with one attached hydrogen (secondary N) is 1. The number of aryl methyl sites for hydroxylation is 2. The number of alkyl halides is 3. The topological polar surface area (TPSA) is 75.1 Å². The van der Waals surface area contributed by atoms with Crippen molar-refractivity contribution in [1.82, 2.24) is 15.3 Å². The lowest BCUT2D eigenvalue weighted by atomic mass is 10.2. The van der Waals surface area contributed by atoms with Gasteiger partial charge in [-0.3, -0.25) is 4.79 Å². The molecule has 0 saturated heterocycles. The molecular weight excluding hydrogens is 295 g/mol. The molecule has 9 heteroatoms. The number of nitrogens with zero attached hydrogens (tertiary/aromatic N) is 2. The first-order valence-corrected chi connectivity index (χ1v) is 6.81. The van der Waals surface area contributed by atoms with E-state index in [0.717, 1.165) is 0 Å². The number of hydrogen-bond acceptors (Lipinski definition) is 5. The van der Waals surface area contributed by atoms with Crippen LogP contribution in [0.4, 0.5) is 13.2 Å². The third-order valence-corrected chi connectivity index (χ3v) is 3.10. The molecule has 1 heterocycles. The van der Waals surface area contributed by atoms with Crippen LogP contribution in [-0.4, -0.2) is 46.1 Å². The van der Waals surface area contributed by atoms with Crippen LogP contribution in [0.2, 0.25) is 0 Å². The molecule has 2 N–H and O–H groups in total. The van der Waals surface area contributed by atoms with Gasteiger partial charge < -0.3 is 10.4 Å². The van der Waals surface area contributed by atoms with E-state index in [1.54, 1.807) is 20.1 Å². The minimum absolute atomic E-state index is 0.123. The fraction of sp³-hybridized carbons (Fsp3) is 0.545. The number of hydrogen-bond donors (Lipinski definition) is 2. The Balaban J connectivity index is 2.88. The summed E-state index contributed by atoms with van der Waals surface area (Å²) >= 11 is 1.20. The second-order valence-corrected chi connectivity index (χ2v) is 4.80. The van der Waals surface area contributed by atoms with Gasteiger partial charge in [-0.15, -0.1) is 11.8 Å². The van der Waals surface area contributed by atoms with Gasteiger partial charge in [-0.05, 0) is 20.1 Å². The Morgan fingerprint density at radius 2 is 2.00 bits per heavy atom. The van der Waals surface area contributed by atoms with E-state index in [-0.39, 0.29) is 5.56 Å². The second-order valence-electron chi connectivity index (χ2n) is 4.01. The normalized spacial score (nSPS) is 13.2. The SMILES string of the molecule is CSc1nc(C)nc(C)c1C(=O)NCC(O)C(F)(F)F. The number of rotatable bonds is 4. The number of aliphatic hydroxyl groups is 1. The Bertz CT molecular complexity index is 508. The van der Waals surface area contributed by atoms with E-state index in [1.165, 1.54) is 11.8 Å². The molecule has 1 amide bonds. The van der Waals surface area contributed by atoms with Crippen LogP contribution in [0.15, 0.2) is 5.03 Å². The summed E-state index contributed by atoms with van der Waals surface area (Å²) in [6.45, 7) is 2.31. The van der Waals surface area contributed by atoms with Crippen molar-refractivity contribution in [3.8, 4) is 0 Å². The van der Waals surface area contributed by atoms with E-state index >= 15 is 0 Å². The first kappa shape index (κ1) is 16.7. The molecule has 0 aliphatic rings. The lowest BCUT2D eigenvalue weighted by molar-refractivity contribution is -0.201. The van der Waals surface area contributed by atoms with Crippen molar-refractivity contribution in [2.24, 2.45) is 0 Å². The van der Waals surface area contributed by atoms with Crippen molar-refractivity contribution in [2.75, 3.05) is 12.8 Å². The number of thioether (sulfide) groups is 1. The van der Waals surface area contributed by atoms with E-state index in [2.05, 4.69) is 9.97 Å². The predicted octanol–water partition coefficient (Wildman–Crippen LogP) is 1.47. The summed E-state index contributed by atoms with van der Waals surface area (Å²) in [6.07, 6.45) is -5.67. The zero-order valence-corrected chi connectivity index (χ0v) is 11.9. The molecule has 1 rings (SSSR count). The summed E-state index contributed by atoms with van der Waals surface area (Å²) in [5.74, 6) is -0.270. The van der Waals surface area contributed by atoms with Crippen LogP contribution >= 0.6 is 11.8 Å². The third kappa shape index (κ3) is 4.07. The Kier molecular flexibility index (Phi) is 5.35. The maximum atomic E-state index is 12.1. The zero-order valence-electron chi connectivity index (χ0n) is 11.1. The van der Waals surface area contributed by atoms with Crippen LogP contribution < -0.4 is 5.32 Å². The Hall–Kier alpha value is -1.35. The van der Waals surface area contributed by atoms with Crippen LogP contribution in [0.25, 0.3) is 0 Å². The molecule has 1 aromatic rings. The van der Waals surface area contributed by atoms with Crippen molar-refractivity contribution >= 4 is 17.7 Å². The molecule has 0 aliphatic carbocycles. The van der Waals surface area contributed by atoms with Gasteiger partial charge in [0.05, 0.1) is 17.8 Å². The van der Waals surface area contributed by atoms with E-state index in [9.17, 15) is 18.0 Å². The maximum absolute atomic E-state index is 12.1. The molecule has 0 fully saturated rings. The molecule has 112 valence electrons. The Morgan fingerprint density at radius 1 is 1.40 bits per heavy atom.